The molecule has 1 atom stereocenters. The summed E-state index contributed by atoms with van der Waals surface area (Å²) >= 11 is 0. The van der Waals surface area contributed by atoms with E-state index in [1.54, 1.807) is 0 Å². The van der Waals surface area contributed by atoms with E-state index in [1.165, 1.54) is 6.07 Å². The van der Waals surface area contributed by atoms with Gasteiger partial charge in [-0.2, -0.15) is 0 Å². The zero-order valence-electron chi connectivity index (χ0n) is 7.91. The van der Waals surface area contributed by atoms with Crippen LogP contribution in [0.5, 0.6) is 0 Å². The van der Waals surface area contributed by atoms with Crippen LogP contribution in [0.4, 0.5) is 8.78 Å². The summed E-state index contributed by atoms with van der Waals surface area (Å²) in [5, 5.41) is 8.40. The molecule has 15 heavy (non-hydrogen) atoms. The van der Waals surface area contributed by atoms with Crippen molar-refractivity contribution in [1.82, 2.24) is 0 Å². The molecule has 0 fully saturated rings. The number of hydrogen-bond acceptors (Lipinski definition) is 2. The van der Waals surface area contributed by atoms with Gasteiger partial charge in [0.1, 0.15) is 11.6 Å². The van der Waals surface area contributed by atoms with Crippen molar-refractivity contribution >= 4 is 5.97 Å². The largest absolute Gasteiger partial charge is 0.481 e. The van der Waals surface area contributed by atoms with Crippen molar-refractivity contribution in [3.8, 4) is 0 Å². The molecule has 0 saturated heterocycles. The van der Waals surface area contributed by atoms with Gasteiger partial charge in [-0.15, -0.1) is 0 Å². The van der Waals surface area contributed by atoms with Gasteiger partial charge in [0.15, 0.2) is 0 Å². The fourth-order valence-electron chi connectivity index (χ4n) is 1.29. The molecule has 3 nitrogen and oxygen atoms in total. The van der Waals surface area contributed by atoms with Crippen LogP contribution < -0.4 is 5.73 Å². The fourth-order valence-corrected chi connectivity index (χ4v) is 1.29. The summed E-state index contributed by atoms with van der Waals surface area (Å²) in [6.45, 7) is 0. The first kappa shape index (κ1) is 11.6. The molecule has 0 aliphatic rings. The van der Waals surface area contributed by atoms with E-state index in [0.717, 1.165) is 12.1 Å². The molecule has 5 heteroatoms. The number of nitrogens with two attached hydrogens (primary N) is 1. The first-order valence-corrected chi connectivity index (χ1v) is 4.43. The Labute approximate surface area is 85.5 Å². The third-order valence-corrected chi connectivity index (χ3v) is 2.04. The van der Waals surface area contributed by atoms with Gasteiger partial charge in [-0.1, -0.05) is 6.07 Å². The van der Waals surface area contributed by atoms with Crippen LogP contribution in [0.2, 0.25) is 0 Å². The molecule has 0 bridgehead atoms. The van der Waals surface area contributed by atoms with E-state index in [0.29, 0.717) is 0 Å². The van der Waals surface area contributed by atoms with Crippen LogP contribution in [-0.4, -0.2) is 11.1 Å². The van der Waals surface area contributed by atoms with E-state index < -0.39 is 23.6 Å². The molecular weight excluding hydrogens is 204 g/mol. The Kier molecular flexibility index (Phi) is 3.74. The average molecular weight is 215 g/mol. The maximum Gasteiger partial charge on any atom is 0.303 e. The highest BCUT2D eigenvalue weighted by atomic mass is 19.1. The van der Waals surface area contributed by atoms with Crippen molar-refractivity contribution in [2.24, 2.45) is 5.73 Å². The Bertz CT molecular complexity index is 348. The van der Waals surface area contributed by atoms with Crippen molar-refractivity contribution in [3.05, 3.63) is 35.4 Å². The molecule has 1 aromatic carbocycles. The molecule has 0 amide bonds. The number of rotatable bonds is 4. The molecule has 0 aliphatic heterocycles. The lowest BCUT2D eigenvalue weighted by Gasteiger charge is -2.12. The molecular formula is C10H11F2NO2. The number of carbonyl (C=O) groups is 1. The van der Waals surface area contributed by atoms with E-state index in [2.05, 4.69) is 0 Å². The number of carboxylic acids is 1. The Morgan fingerprint density at radius 3 is 2.40 bits per heavy atom. The molecule has 0 heterocycles. The third-order valence-electron chi connectivity index (χ3n) is 2.04. The first-order valence-electron chi connectivity index (χ1n) is 4.43. The van der Waals surface area contributed by atoms with Gasteiger partial charge >= 0.3 is 5.97 Å². The summed E-state index contributed by atoms with van der Waals surface area (Å²) in [5.41, 5.74) is 5.25. The van der Waals surface area contributed by atoms with Crippen LogP contribution in [0.1, 0.15) is 24.4 Å². The summed E-state index contributed by atoms with van der Waals surface area (Å²) < 4.78 is 26.3. The van der Waals surface area contributed by atoms with Crippen molar-refractivity contribution in [2.45, 2.75) is 18.9 Å². The van der Waals surface area contributed by atoms with Crippen LogP contribution in [0.15, 0.2) is 18.2 Å². The van der Waals surface area contributed by atoms with Crippen molar-refractivity contribution < 1.29 is 18.7 Å². The van der Waals surface area contributed by atoms with Gasteiger partial charge in [0.25, 0.3) is 0 Å². The highest BCUT2D eigenvalue weighted by Gasteiger charge is 2.16. The number of hydrogen-bond donors (Lipinski definition) is 2. The average Bonchev–Trinajstić information content (AvgIpc) is 2.14. The van der Waals surface area contributed by atoms with Crippen molar-refractivity contribution in [3.63, 3.8) is 0 Å². The third kappa shape index (κ3) is 2.99. The second-order valence-electron chi connectivity index (χ2n) is 3.17. The molecule has 0 saturated carbocycles. The maximum absolute atomic E-state index is 13.2. The predicted molar refractivity (Wildman–Crippen MR) is 50.2 cm³/mol. The minimum Gasteiger partial charge on any atom is -0.481 e. The Hall–Kier alpha value is -1.49. The maximum atomic E-state index is 13.2. The summed E-state index contributed by atoms with van der Waals surface area (Å²) in [7, 11) is 0. The standard InChI is InChI=1S/C10H11F2NO2/c11-6-2-1-3-7(12)10(6)8(13)4-5-9(14)15/h1-3,8H,4-5,13H2,(H,14,15). The van der Waals surface area contributed by atoms with Gasteiger partial charge < -0.3 is 10.8 Å². The second kappa shape index (κ2) is 4.84. The minimum atomic E-state index is -1.04. The number of benzene rings is 1. The van der Waals surface area contributed by atoms with Crippen LogP contribution in [-0.2, 0) is 4.79 Å². The van der Waals surface area contributed by atoms with E-state index >= 15 is 0 Å². The van der Waals surface area contributed by atoms with Crippen LogP contribution in [0, 0.1) is 11.6 Å². The molecule has 82 valence electrons. The highest BCUT2D eigenvalue weighted by Crippen LogP contribution is 2.22. The predicted octanol–water partition coefficient (Wildman–Crippen LogP) is 1.83. The molecule has 1 unspecified atom stereocenters. The van der Waals surface area contributed by atoms with Gasteiger partial charge in [-0.3, -0.25) is 4.79 Å². The summed E-state index contributed by atoms with van der Waals surface area (Å²) in [6.07, 6.45) is -0.206. The zero-order valence-corrected chi connectivity index (χ0v) is 7.91. The normalized spacial score (nSPS) is 12.5. The van der Waals surface area contributed by atoms with Crippen LogP contribution in [0.3, 0.4) is 0 Å². The van der Waals surface area contributed by atoms with Crippen LogP contribution in [0.25, 0.3) is 0 Å². The van der Waals surface area contributed by atoms with Gasteiger partial charge in [0.05, 0.1) is 0 Å². The lowest BCUT2D eigenvalue weighted by molar-refractivity contribution is -0.137. The summed E-state index contributed by atoms with van der Waals surface area (Å²) in [6, 6.07) is 2.50. The van der Waals surface area contributed by atoms with Crippen molar-refractivity contribution in [1.29, 1.82) is 0 Å². The van der Waals surface area contributed by atoms with E-state index in [-0.39, 0.29) is 18.4 Å². The number of halogens is 2. The first-order chi connectivity index (χ1) is 7.02. The quantitative estimate of drug-likeness (QED) is 0.805. The van der Waals surface area contributed by atoms with Crippen molar-refractivity contribution in [2.75, 3.05) is 0 Å². The molecule has 1 aromatic rings. The van der Waals surface area contributed by atoms with E-state index in [1.807, 2.05) is 0 Å². The minimum absolute atomic E-state index is 0.00713. The Morgan fingerprint density at radius 2 is 1.93 bits per heavy atom. The van der Waals surface area contributed by atoms with Gasteiger partial charge in [-0.05, 0) is 18.6 Å². The van der Waals surface area contributed by atoms with Gasteiger partial charge in [0.2, 0.25) is 0 Å². The summed E-state index contributed by atoms with van der Waals surface area (Å²) in [5.74, 6) is -2.53. The van der Waals surface area contributed by atoms with E-state index in [9.17, 15) is 13.6 Å². The molecule has 0 radical (unpaired) electrons. The second-order valence-corrected chi connectivity index (χ2v) is 3.17. The highest BCUT2D eigenvalue weighted by molar-refractivity contribution is 5.66. The Balaban J connectivity index is 2.81. The number of aliphatic carboxylic acids is 1. The molecule has 3 N–H and O–H groups in total. The lowest BCUT2D eigenvalue weighted by atomic mass is 10.0. The fraction of sp³-hybridized carbons (Fsp3) is 0.300. The molecule has 1 rings (SSSR count). The SMILES string of the molecule is NC(CCC(=O)O)c1c(F)cccc1F. The smallest absolute Gasteiger partial charge is 0.303 e. The monoisotopic (exact) mass is 215 g/mol. The van der Waals surface area contributed by atoms with E-state index in [4.69, 9.17) is 10.8 Å². The van der Waals surface area contributed by atoms with Gasteiger partial charge in [0, 0.05) is 18.0 Å². The van der Waals surface area contributed by atoms with Crippen LogP contribution >= 0.6 is 0 Å². The van der Waals surface area contributed by atoms with Gasteiger partial charge in [-0.25, -0.2) is 8.78 Å². The zero-order chi connectivity index (χ0) is 11.4. The number of carboxylic acid groups (broad SMARTS) is 1. The molecule has 0 aliphatic carbocycles. The molecule has 0 aromatic heterocycles. The lowest BCUT2D eigenvalue weighted by Crippen LogP contribution is -2.15. The topological polar surface area (TPSA) is 63.3 Å². The molecule has 0 spiro atoms. The summed E-state index contributed by atoms with van der Waals surface area (Å²) in [4.78, 5) is 10.3. The Morgan fingerprint density at radius 1 is 1.40 bits per heavy atom.